The van der Waals surface area contributed by atoms with Crippen LogP contribution < -0.4 is 0 Å². The lowest BCUT2D eigenvalue weighted by molar-refractivity contribution is 0.0779. The molecule has 0 atom stereocenters. The number of carbonyl (C=O) groups is 1. The van der Waals surface area contributed by atoms with E-state index >= 15 is 0 Å². The number of pyridine rings is 1. The molecule has 0 unspecified atom stereocenters. The summed E-state index contributed by atoms with van der Waals surface area (Å²) in [5, 5.41) is 0.461. The van der Waals surface area contributed by atoms with Gasteiger partial charge in [-0.15, -0.1) is 0 Å². The van der Waals surface area contributed by atoms with Crippen molar-refractivity contribution in [2.24, 2.45) is 5.92 Å². The zero-order valence-corrected chi connectivity index (χ0v) is 11.0. The van der Waals surface area contributed by atoms with Crippen LogP contribution in [0.25, 0.3) is 0 Å². The molecule has 16 heavy (non-hydrogen) atoms. The minimum absolute atomic E-state index is 0.0973. The van der Waals surface area contributed by atoms with Gasteiger partial charge in [-0.3, -0.25) is 4.79 Å². The van der Waals surface area contributed by atoms with E-state index in [0.29, 0.717) is 18.0 Å². The number of hydrogen-bond donors (Lipinski definition) is 0. The Kier molecular flexibility index (Phi) is 4.56. The van der Waals surface area contributed by atoms with Crippen molar-refractivity contribution in [1.29, 1.82) is 0 Å². The van der Waals surface area contributed by atoms with Gasteiger partial charge in [0.15, 0.2) is 0 Å². The van der Waals surface area contributed by atoms with Gasteiger partial charge >= 0.3 is 0 Å². The summed E-state index contributed by atoms with van der Waals surface area (Å²) in [5.41, 5.74) is 0.466. The van der Waals surface area contributed by atoms with Gasteiger partial charge in [0.1, 0.15) is 10.3 Å². The normalized spacial score (nSPS) is 10.6. The molecule has 0 aliphatic heterocycles. The van der Waals surface area contributed by atoms with E-state index in [4.69, 9.17) is 23.2 Å². The third kappa shape index (κ3) is 3.65. The Morgan fingerprint density at radius 2 is 1.88 bits per heavy atom. The number of halogens is 2. The smallest absolute Gasteiger partial charge is 0.253 e. The fourth-order valence-corrected chi connectivity index (χ4v) is 1.90. The van der Waals surface area contributed by atoms with Crippen molar-refractivity contribution in [3.05, 3.63) is 28.0 Å². The van der Waals surface area contributed by atoms with E-state index in [0.717, 1.165) is 0 Å². The summed E-state index contributed by atoms with van der Waals surface area (Å²) >= 11 is 11.5. The minimum Gasteiger partial charge on any atom is -0.341 e. The summed E-state index contributed by atoms with van der Waals surface area (Å²) in [6, 6.07) is 3.04. The van der Waals surface area contributed by atoms with Gasteiger partial charge in [-0.2, -0.15) is 0 Å². The van der Waals surface area contributed by atoms with E-state index in [1.807, 2.05) is 0 Å². The van der Waals surface area contributed by atoms with Gasteiger partial charge in [0.25, 0.3) is 5.91 Å². The minimum atomic E-state index is -0.0973. The van der Waals surface area contributed by atoms with Gasteiger partial charge in [-0.25, -0.2) is 4.98 Å². The molecule has 0 N–H and O–H groups in total. The lowest BCUT2D eigenvalue weighted by Crippen LogP contribution is -2.30. The van der Waals surface area contributed by atoms with Gasteiger partial charge in [0, 0.05) is 19.2 Å². The zero-order valence-electron chi connectivity index (χ0n) is 9.50. The lowest BCUT2D eigenvalue weighted by Gasteiger charge is -2.19. The zero-order chi connectivity index (χ0) is 12.3. The van der Waals surface area contributed by atoms with Crippen LogP contribution in [0.1, 0.15) is 24.2 Å². The molecule has 0 aliphatic carbocycles. The topological polar surface area (TPSA) is 33.2 Å². The van der Waals surface area contributed by atoms with Crippen LogP contribution in [-0.2, 0) is 0 Å². The van der Waals surface area contributed by atoms with Crippen LogP contribution in [0.4, 0.5) is 0 Å². The maximum Gasteiger partial charge on any atom is 0.253 e. The Labute approximate surface area is 105 Å². The Morgan fingerprint density at radius 3 is 2.31 bits per heavy atom. The van der Waals surface area contributed by atoms with Crippen LogP contribution in [-0.4, -0.2) is 29.4 Å². The van der Waals surface area contributed by atoms with E-state index in [1.54, 1.807) is 11.9 Å². The Bertz CT molecular complexity index is 373. The van der Waals surface area contributed by atoms with Crippen molar-refractivity contribution in [2.45, 2.75) is 13.8 Å². The summed E-state index contributed by atoms with van der Waals surface area (Å²) in [5.74, 6) is 0.321. The Balaban J connectivity index is 2.87. The molecule has 1 heterocycles. The standard InChI is InChI=1S/C11H14Cl2N2O/c1-7(2)6-15(3)11(16)8-4-9(12)14-10(13)5-8/h4-5,7H,6H2,1-3H3. The van der Waals surface area contributed by atoms with Crippen LogP contribution in [0.5, 0.6) is 0 Å². The van der Waals surface area contributed by atoms with E-state index in [-0.39, 0.29) is 16.2 Å². The van der Waals surface area contributed by atoms with Gasteiger partial charge < -0.3 is 4.90 Å². The molecule has 0 aliphatic rings. The molecule has 0 radical (unpaired) electrons. The first-order chi connectivity index (χ1) is 7.40. The molecule has 0 fully saturated rings. The fourth-order valence-electron chi connectivity index (χ4n) is 1.44. The first-order valence-corrected chi connectivity index (χ1v) is 5.74. The highest BCUT2D eigenvalue weighted by Gasteiger charge is 2.14. The predicted molar refractivity (Wildman–Crippen MR) is 66.1 cm³/mol. The number of carbonyl (C=O) groups excluding carboxylic acids is 1. The maximum absolute atomic E-state index is 12.0. The third-order valence-corrected chi connectivity index (χ3v) is 2.38. The highest BCUT2D eigenvalue weighted by molar-refractivity contribution is 6.33. The van der Waals surface area contributed by atoms with E-state index in [1.165, 1.54) is 12.1 Å². The van der Waals surface area contributed by atoms with Crippen LogP contribution >= 0.6 is 23.2 Å². The average Bonchev–Trinajstić information content (AvgIpc) is 2.13. The number of rotatable bonds is 3. The molecule has 1 amide bonds. The van der Waals surface area contributed by atoms with Gasteiger partial charge in [-0.1, -0.05) is 37.0 Å². The van der Waals surface area contributed by atoms with Crippen LogP contribution in [0, 0.1) is 5.92 Å². The highest BCUT2D eigenvalue weighted by Crippen LogP contribution is 2.16. The molecular formula is C11H14Cl2N2O. The number of amides is 1. The summed E-state index contributed by atoms with van der Waals surface area (Å²) in [6.07, 6.45) is 0. The van der Waals surface area contributed by atoms with Crippen LogP contribution in [0.15, 0.2) is 12.1 Å². The molecule has 0 aromatic carbocycles. The van der Waals surface area contributed by atoms with Gasteiger partial charge in [-0.05, 0) is 18.1 Å². The summed E-state index contributed by atoms with van der Waals surface area (Å²) in [7, 11) is 1.75. The monoisotopic (exact) mass is 260 g/mol. The second-order valence-electron chi connectivity index (χ2n) is 4.08. The summed E-state index contributed by atoms with van der Waals surface area (Å²) in [4.78, 5) is 17.4. The Hall–Kier alpha value is -0.800. The average molecular weight is 261 g/mol. The van der Waals surface area contributed by atoms with Crippen molar-refractivity contribution in [1.82, 2.24) is 9.88 Å². The van der Waals surface area contributed by atoms with Gasteiger partial charge in [0.05, 0.1) is 0 Å². The van der Waals surface area contributed by atoms with Gasteiger partial charge in [0.2, 0.25) is 0 Å². The van der Waals surface area contributed by atoms with Crippen LogP contribution in [0.3, 0.4) is 0 Å². The molecule has 0 saturated carbocycles. The largest absolute Gasteiger partial charge is 0.341 e. The first-order valence-electron chi connectivity index (χ1n) is 4.98. The van der Waals surface area contributed by atoms with Crippen LogP contribution in [0.2, 0.25) is 10.3 Å². The van der Waals surface area contributed by atoms with E-state index in [9.17, 15) is 4.79 Å². The fraction of sp³-hybridized carbons (Fsp3) is 0.455. The van der Waals surface area contributed by atoms with E-state index in [2.05, 4.69) is 18.8 Å². The lowest BCUT2D eigenvalue weighted by atomic mass is 10.2. The van der Waals surface area contributed by atoms with Crippen molar-refractivity contribution >= 4 is 29.1 Å². The second-order valence-corrected chi connectivity index (χ2v) is 4.86. The molecule has 1 rings (SSSR count). The highest BCUT2D eigenvalue weighted by atomic mass is 35.5. The molecule has 0 spiro atoms. The molecule has 88 valence electrons. The molecular weight excluding hydrogens is 247 g/mol. The third-order valence-electron chi connectivity index (χ3n) is 2.00. The van der Waals surface area contributed by atoms with Crippen molar-refractivity contribution < 1.29 is 4.79 Å². The van der Waals surface area contributed by atoms with Crippen molar-refractivity contribution in [3.63, 3.8) is 0 Å². The Morgan fingerprint density at radius 1 is 1.38 bits per heavy atom. The predicted octanol–water partition coefficient (Wildman–Crippen LogP) is 3.12. The van der Waals surface area contributed by atoms with Crippen molar-refractivity contribution in [2.75, 3.05) is 13.6 Å². The second kappa shape index (κ2) is 5.51. The summed E-state index contributed by atoms with van der Waals surface area (Å²) in [6.45, 7) is 4.79. The van der Waals surface area contributed by atoms with Crippen molar-refractivity contribution in [3.8, 4) is 0 Å². The maximum atomic E-state index is 12.0. The number of aromatic nitrogens is 1. The number of hydrogen-bond acceptors (Lipinski definition) is 2. The summed E-state index contributed by atoms with van der Waals surface area (Å²) < 4.78 is 0. The molecule has 0 saturated heterocycles. The number of nitrogens with zero attached hydrogens (tertiary/aromatic N) is 2. The molecule has 1 aromatic heterocycles. The molecule has 0 bridgehead atoms. The first kappa shape index (κ1) is 13.3. The SMILES string of the molecule is CC(C)CN(C)C(=O)c1cc(Cl)nc(Cl)c1. The molecule has 5 heteroatoms. The molecule has 3 nitrogen and oxygen atoms in total. The van der Waals surface area contributed by atoms with E-state index < -0.39 is 0 Å². The molecule has 1 aromatic rings. The quantitative estimate of drug-likeness (QED) is 0.783.